The van der Waals surface area contributed by atoms with Crippen LogP contribution in [0.1, 0.15) is 29.4 Å². The van der Waals surface area contributed by atoms with E-state index >= 15 is 0 Å². The van der Waals surface area contributed by atoms with E-state index in [-0.39, 0.29) is 35.5 Å². The third kappa shape index (κ3) is 4.72. The second-order valence-electron chi connectivity index (χ2n) is 7.15. The molecule has 8 nitrogen and oxygen atoms in total. The number of aromatic amines is 1. The van der Waals surface area contributed by atoms with Gasteiger partial charge in [-0.3, -0.25) is 9.36 Å². The number of imidazole rings is 1. The maximum atomic E-state index is 12.4. The molecular weight excluding hydrogens is 394 g/mol. The number of nitrogens with one attached hydrogen (secondary N) is 2. The average molecular weight is 422 g/mol. The van der Waals surface area contributed by atoms with Crippen molar-refractivity contribution in [3.63, 3.8) is 0 Å². The molecule has 1 aliphatic rings. The highest BCUT2D eigenvalue weighted by Crippen LogP contribution is 2.24. The normalized spacial score (nSPS) is 14.9. The first-order chi connectivity index (χ1) is 13.1. The van der Waals surface area contributed by atoms with Gasteiger partial charge in [0, 0.05) is 45.5 Å². The molecule has 0 radical (unpaired) electrons. The Morgan fingerprint density at radius 2 is 1.90 bits per heavy atom. The number of aromatic nitrogens is 3. The smallest absolute Gasteiger partial charge is 0.326 e. The average Bonchev–Trinajstić information content (AvgIpc) is 3.24. The van der Waals surface area contributed by atoms with Crippen LogP contribution < -0.4 is 11.0 Å². The molecule has 0 spiro atoms. The molecule has 0 unspecified atom stereocenters. The van der Waals surface area contributed by atoms with Gasteiger partial charge >= 0.3 is 5.69 Å². The second kappa shape index (κ2) is 9.78. The predicted octanol–water partition coefficient (Wildman–Crippen LogP) is 1.33. The van der Waals surface area contributed by atoms with Crippen molar-refractivity contribution in [1.29, 1.82) is 0 Å². The van der Waals surface area contributed by atoms with Gasteiger partial charge in [0.2, 0.25) is 0 Å². The largest absolute Gasteiger partial charge is 0.412 e. The topological polar surface area (TPSA) is 107 Å². The minimum Gasteiger partial charge on any atom is -0.412 e. The summed E-state index contributed by atoms with van der Waals surface area (Å²) in [5.74, 6) is -0.0391. The number of benzene rings is 1. The Morgan fingerprint density at radius 3 is 2.59 bits per heavy atom. The number of rotatable bonds is 5. The highest BCUT2D eigenvalue weighted by Gasteiger charge is 2.23. The Balaban J connectivity index is 0.00000150. The van der Waals surface area contributed by atoms with Crippen molar-refractivity contribution in [1.82, 2.24) is 24.3 Å². The summed E-state index contributed by atoms with van der Waals surface area (Å²) in [4.78, 5) is 29.8. The van der Waals surface area contributed by atoms with Crippen LogP contribution in [-0.2, 0) is 7.05 Å². The molecule has 3 aromatic rings. The molecule has 1 aliphatic heterocycles. The standard InChI is InChI=1S/C20H25N5O2.ClH.H2O/c1-23-11-4-7-18(23)19(26)21-10-14-24-12-8-15(9-13-24)25-17-6-3-2-5-16(17)22-20(25)27;;/h2-7,11,15H,8-10,12-14H2,1H3,(H,21,26)(H,22,27);1H;1H2. The zero-order valence-corrected chi connectivity index (χ0v) is 17.2. The zero-order valence-electron chi connectivity index (χ0n) is 16.4. The van der Waals surface area contributed by atoms with E-state index in [0.717, 1.165) is 43.5 Å². The molecule has 4 rings (SSSR count). The maximum Gasteiger partial charge on any atom is 0.326 e. The van der Waals surface area contributed by atoms with E-state index in [4.69, 9.17) is 0 Å². The molecule has 9 heteroatoms. The van der Waals surface area contributed by atoms with Crippen molar-refractivity contribution >= 4 is 29.3 Å². The summed E-state index contributed by atoms with van der Waals surface area (Å²) in [5, 5.41) is 2.98. The number of amides is 1. The van der Waals surface area contributed by atoms with Crippen molar-refractivity contribution in [2.45, 2.75) is 18.9 Å². The summed E-state index contributed by atoms with van der Waals surface area (Å²) in [6, 6.07) is 11.8. The number of aryl methyl sites for hydroxylation is 1. The van der Waals surface area contributed by atoms with Gasteiger partial charge in [-0.25, -0.2) is 4.79 Å². The van der Waals surface area contributed by atoms with Gasteiger partial charge in [-0.1, -0.05) is 12.1 Å². The highest BCUT2D eigenvalue weighted by atomic mass is 35.5. The minimum atomic E-state index is -0.0391. The van der Waals surface area contributed by atoms with Crippen molar-refractivity contribution in [2.24, 2.45) is 7.05 Å². The number of carbonyl (C=O) groups excluding carboxylic acids is 1. The maximum absolute atomic E-state index is 12.4. The number of piperidine rings is 1. The van der Waals surface area contributed by atoms with Gasteiger partial charge in [0.1, 0.15) is 5.69 Å². The van der Waals surface area contributed by atoms with Gasteiger partial charge in [0.05, 0.1) is 11.0 Å². The molecule has 0 saturated carbocycles. The Hall–Kier alpha value is -2.55. The third-order valence-corrected chi connectivity index (χ3v) is 5.44. The lowest BCUT2D eigenvalue weighted by molar-refractivity contribution is 0.0936. The molecule has 1 amide bonds. The number of para-hydroxylation sites is 2. The van der Waals surface area contributed by atoms with Gasteiger partial charge in [0.25, 0.3) is 5.91 Å². The number of likely N-dealkylation sites (tertiary alicyclic amines) is 1. The fourth-order valence-electron chi connectivity index (χ4n) is 3.95. The van der Waals surface area contributed by atoms with Gasteiger partial charge in [-0.2, -0.15) is 0 Å². The summed E-state index contributed by atoms with van der Waals surface area (Å²) in [7, 11) is 1.87. The molecule has 1 fully saturated rings. The predicted molar refractivity (Wildman–Crippen MR) is 116 cm³/mol. The molecule has 1 saturated heterocycles. The van der Waals surface area contributed by atoms with Crippen molar-refractivity contribution in [2.75, 3.05) is 26.2 Å². The number of carbonyl (C=O) groups is 1. The lowest BCUT2D eigenvalue weighted by atomic mass is 10.0. The van der Waals surface area contributed by atoms with Crippen LogP contribution in [0.3, 0.4) is 0 Å². The van der Waals surface area contributed by atoms with Crippen molar-refractivity contribution in [3.8, 4) is 0 Å². The summed E-state index contributed by atoms with van der Waals surface area (Å²) in [6.07, 6.45) is 3.74. The van der Waals surface area contributed by atoms with E-state index < -0.39 is 0 Å². The molecule has 0 bridgehead atoms. The molecule has 4 N–H and O–H groups in total. The van der Waals surface area contributed by atoms with Gasteiger partial charge in [-0.05, 0) is 37.1 Å². The summed E-state index contributed by atoms with van der Waals surface area (Å²) in [5.41, 5.74) is 2.53. The Morgan fingerprint density at radius 1 is 1.17 bits per heavy atom. The quantitative estimate of drug-likeness (QED) is 0.648. The van der Waals surface area contributed by atoms with E-state index in [1.165, 1.54) is 0 Å². The van der Waals surface area contributed by atoms with Crippen LogP contribution in [0.2, 0.25) is 0 Å². The van der Waals surface area contributed by atoms with Crippen LogP contribution in [0.4, 0.5) is 0 Å². The molecule has 0 aliphatic carbocycles. The highest BCUT2D eigenvalue weighted by molar-refractivity contribution is 5.92. The van der Waals surface area contributed by atoms with E-state index in [1.807, 2.05) is 58.8 Å². The third-order valence-electron chi connectivity index (χ3n) is 5.44. The van der Waals surface area contributed by atoms with Gasteiger partial charge < -0.3 is 25.2 Å². The van der Waals surface area contributed by atoms with Crippen molar-refractivity contribution < 1.29 is 10.3 Å². The van der Waals surface area contributed by atoms with E-state index in [1.54, 1.807) is 0 Å². The van der Waals surface area contributed by atoms with Crippen LogP contribution in [0.25, 0.3) is 11.0 Å². The first-order valence-electron chi connectivity index (χ1n) is 9.44. The monoisotopic (exact) mass is 421 g/mol. The SMILES string of the molecule is Cl.Cn1cccc1C(=O)NCCN1CCC(n2c(=O)[nH]c3ccccc32)CC1.O. The van der Waals surface area contributed by atoms with E-state index in [9.17, 15) is 9.59 Å². The van der Waals surface area contributed by atoms with Crippen LogP contribution in [0.5, 0.6) is 0 Å². The number of halogens is 1. The molecule has 1 aromatic carbocycles. The van der Waals surface area contributed by atoms with Crippen LogP contribution in [-0.4, -0.2) is 56.6 Å². The zero-order chi connectivity index (χ0) is 18.8. The number of fused-ring (bicyclic) bond motifs is 1. The Labute approximate surface area is 175 Å². The van der Waals surface area contributed by atoms with Crippen LogP contribution in [0.15, 0.2) is 47.4 Å². The fourth-order valence-corrected chi connectivity index (χ4v) is 3.95. The first kappa shape index (κ1) is 22.7. The molecule has 0 atom stereocenters. The second-order valence-corrected chi connectivity index (χ2v) is 7.15. The molecule has 158 valence electrons. The fraction of sp³-hybridized carbons (Fsp3) is 0.400. The lowest BCUT2D eigenvalue weighted by Crippen LogP contribution is -2.41. The number of hydrogen-bond acceptors (Lipinski definition) is 3. The van der Waals surface area contributed by atoms with Gasteiger partial charge in [-0.15, -0.1) is 12.4 Å². The molecule has 2 aromatic heterocycles. The summed E-state index contributed by atoms with van der Waals surface area (Å²) < 4.78 is 3.73. The Bertz CT molecular complexity index is 1000. The first-order valence-corrected chi connectivity index (χ1v) is 9.44. The Kier molecular flexibility index (Phi) is 7.66. The van der Waals surface area contributed by atoms with Crippen molar-refractivity contribution in [3.05, 3.63) is 58.8 Å². The number of hydrogen-bond donors (Lipinski definition) is 2. The van der Waals surface area contributed by atoms with E-state index in [2.05, 4.69) is 15.2 Å². The van der Waals surface area contributed by atoms with Crippen LogP contribution >= 0.6 is 12.4 Å². The molecule has 29 heavy (non-hydrogen) atoms. The van der Waals surface area contributed by atoms with E-state index in [0.29, 0.717) is 12.2 Å². The van der Waals surface area contributed by atoms with Crippen LogP contribution in [0, 0.1) is 0 Å². The number of H-pyrrole nitrogens is 1. The van der Waals surface area contributed by atoms with Gasteiger partial charge in [0.15, 0.2) is 0 Å². The molecular formula is C20H28ClN5O3. The minimum absolute atomic E-state index is 0. The lowest BCUT2D eigenvalue weighted by Gasteiger charge is -2.32. The molecule has 3 heterocycles. The number of nitrogens with zero attached hydrogens (tertiary/aromatic N) is 3. The summed E-state index contributed by atoms with van der Waals surface area (Å²) in [6.45, 7) is 3.31. The summed E-state index contributed by atoms with van der Waals surface area (Å²) >= 11 is 0.